The zero-order valence-corrected chi connectivity index (χ0v) is 20.6. The van der Waals surface area contributed by atoms with Crippen molar-refractivity contribution in [1.29, 1.82) is 0 Å². The highest BCUT2D eigenvalue weighted by atomic mass is 32.1. The molecule has 0 fully saturated rings. The predicted molar refractivity (Wildman–Crippen MR) is 135 cm³/mol. The van der Waals surface area contributed by atoms with Gasteiger partial charge < -0.3 is 25.6 Å². The minimum Gasteiger partial charge on any atom is -0.459 e. The van der Waals surface area contributed by atoms with Gasteiger partial charge in [0.2, 0.25) is 0 Å². The number of hydrogen-bond donors (Lipinski definition) is 3. The molecule has 2 aromatic rings. The van der Waals surface area contributed by atoms with E-state index in [9.17, 15) is 9.59 Å². The van der Waals surface area contributed by atoms with Crippen molar-refractivity contribution in [3.63, 3.8) is 0 Å². The van der Waals surface area contributed by atoms with Gasteiger partial charge in [0.15, 0.2) is 5.11 Å². The van der Waals surface area contributed by atoms with Gasteiger partial charge in [-0.25, -0.2) is 9.59 Å². The third-order valence-electron chi connectivity index (χ3n) is 5.54. The molecule has 0 spiro atoms. The van der Waals surface area contributed by atoms with E-state index >= 15 is 0 Å². The molecule has 0 saturated heterocycles. The van der Waals surface area contributed by atoms with Gasteiger partial charge in [0.1, 0.15) is 0 Å². The third-order valence-corrected chi connectivity index (χ3v) is 5.93. The smallest absolute Gasteiger partial charge is 0.338 e. The van der Waals surface area contributed by atoms with Gasteiger partial charge in [-0.05, 0) is 75.7 Å². The number of rotatable bonds is 5. The number of anilines is 2. The molecule has 0 bridgehead atoms. The number of allylic oxidation sites excluding steroid dienone is 1. The lowest BCUT2D eigenvalue weighted by Crippen LogP contribution is -2.46. The Balaban J connectivity index is 1.79. The minimum atomic E-state index is -0.447. The van der Waals surface area contributed by atoms with Crippen LogP contribution in [0.25, 0.3) is 0 Å². The summed E-state index contributed by atoms with van der Waals surface area (Å²) in [6.07, 6.45) is -0.236. The van der Waals surface area contributed by atoms with Crippen LogP contribution in [0.2, 0.25) is 0 Å². The molecule has 2 amide bonds. The Labute approximate surface area is 200 Å². The van der Waals surface area contributed by atoms with Gasteiger partial charge in [0.05, 0.1) is 17.7 Å². The lowest BCUT2D eigenvalue weighted by atomic mass is 9.95. The number of ether oxygens (including phenoxy) is 1. The average Bonchev–Trinajstić information content (AvgIpc) is 2.74. The van der Waals surface area contributed by atoms with Crippen LogP contribution >= 0.6 is 12.2 Å². The second-order valence-corrected chi connectivity index (χ2v) is 8.75. The van der Waals surface area contributed by atoms with Crippen molar-refractivity contribution < 1.29 is 14.3 Å². The van der Waals surface area contributed by atoms with Crippen molar-refractivity contribution >= 4 is 40.7 Å². The maximum absolute atomic E-state index is 12.8. The van der Waals surface area contributed by atoms with Crippen LogP contribution in [0.3, 0.4) is 0 Å². The summed E-state index contributed by atoms with van der Waals surface area (Å²) in [6, 6.07) is 12.4. The zero-order chi connectivity index (χ0) is 24.3. The fourth-order valence-electron chi connectivity index (χ4n) is 3.67. The zero-order valence-electron chi connectivity index (χ0n) is 19.8. The fourth-order valence-corrected chi connectivity index (χ4v) is 3.93. The first-order chi connectivity index (χ1) is 15.6. The molecule has 33 heavy (non-hydrogen) atoms. The van der Waals surface area contributed by atoms with Gasteiger partial charge in [0.25, 0.3) is 0 Å². The highest BCUT2D eigenvalue weighted by Gasteiger charge is 2.33. The van der Waals surface area contributed by atoms with E-state index in [2.05, 4.69) is 16.0 Å². The van der Waals surface area contributed by atoms with Crippen LogP contribution in [-0.2, 0) is 9.53 Å². The van der Waals surface area contributed by atoms with Crippen LogP contribution in [-0.4, -0.2) is 35.2 Å². The normalized spacial score (nSPS) is 15.9. The fraction of sp³-hybridized carbons (Fsp3) is 0.320. The van der Waals surface area contributed by atoms with Crippen molar-refractivity contribution in [3.8, 4) is 0 Å². The number of carbonyl (C=O) groups excluding carboxylic acids is 2. The Morgan fingerprint density at radius 1 is 1.03 bits per heavy atom. The van der Waals surface area contributed by atoms with Gasteiger partial charge in [-0.2, -0.15) is 0 Å². The standard InChI is InChI=1S/C25H30N4O3S/c1-14(2)32-23(30)20-17(5)29(6)25(33)28-22(20)18-10-12-19(13-11-18)26-24(31)27-21-15(3)8-7-9-16(21)4/h7-14,22H,1-6H3,(H,28,33)(H2,26,27,31). The second-order valence-electron chi connectivity index (χ2n) is 8.36. The lowest BCUT2D eigenvalue weighted by molar-refractivity contribution is -0.143. The van der Waals surface area contributed by atoms with E-state index in [0.29, 0.717) is 16.4 Å². The SMILES string of the molecule is CC1=C(C(=O)OC(C)C)C(c2ccc(NC(=O)Nc3c(C)cccc3C)cc2)NC(=S)N1C. The molecular weight excluding hydrogens is 436 g/mol. The molecule has 0 aliphatic carbocycles. The summed E-state index contributed by atoms with van der Waals surface area (Å²) in [5, 5.41) is 9.50. The maximum Gasteiger partial charge on any atom is 0.338 e. The number of benzene rings is 2. The summed E-state index contributed by atoms with van der Waals surface area (Å²) in [5.41, 5.74) is 5.49. The Morgan fingerprint density at radius 3 is 2.21 bits per heavy atom. The summed E-state index contributed by atoms with van der Waals surface area (Å²) in [6.45, 7) is 9.39. The van der Waals surface area contributed by atoms with E-state index in [0.717, 1.165) is 28.1 Å². The van der Waals surface area contributed by atoms with Crippen LogP contribution < -0.4 is 16.0 Å². The minimum absolute atomic E-state index is 0.236. The van der Waals surface area contributed by atoms with Crippen LogP contribution in [0, 0.1) is 13.8 Å². The monoisotopic (exact) mass is 466 g/mol. The van der Waals surface area contributed by atoms with E-state index < -0.39 is 6.04 Å². The van der Waals surface area contributed by atoms with Crippen LogP contribution in [0.1, 0.15) is 43.5 Å². The number of aryl methyl sites for hydroxylation is 2. The van der Waals surface area contributed by atoms with Crippen LogP contribution in [0.15, 0.2) is 53.7 Å². The highest BCUT2D eigenvalue weighted by Crippen LogP contribution is 2.31. The van der Waals surface area contributed by atoms with Gasteiger partial charge in [-0.3, -0.25) is 0 Å². The van der Waals surface area contributed by atoms with E-state index in [1.807, 2.05) is 72.0 Å². The largest absolute Gasteiger partial charge is 0.459 e. The van der Waals surface area contributed by atoms with E-state index in [1.54, 1.807) is 17.0 Å². The topological polar surface area (TPSA) is 82.7 Å². The van der Waals surface area contributed by atoms with Crippen LogP contribution in [0.4, 0.5) is 16.2 Å². The Morgan fingerprint density at radius 2 is 1.64 bits per heavy atom. The van der Waals surface area contributed by atoms with E-state index in [4.69, 9.17) is 17.0 Å². The number of amides is 2. The number of para-hydroxylation sites is 1. The Hall–Kier alpha value is -3.39. The summed E-state index contributed by atoms with van der Waals surface area (Å²) in [4.78, 5) is 27.1. The molecule has 1 unspecified atom stereocenters. The van der Waals surface area contributed by atoms with Crippen molar-refractivity contribution in [2.75, 3.05) is 17.7 Å². The van der Waals surface area contributed by atoms with Gasteiger partial charge in [0, 0.05) is 24.1 Å². The van der Waals surface area contributed by atoms with Gasteiger partial charge >= 0.3 is 12.0 Å². The number of urea groups is 1. The number of hydrogen-bond acceptors (Lipinski definition) is 4. The molecule has 174 valence electrons. The molecule has 2 aromatic carbocycles. The molecule has 3 rings (SSSR count). The highest BCUT2D eigenvalue weighted by molar-refractivity contribution is 7.80. The first-order valence-electron chi connectivity index (χ1n) is 10.8. The first kappa shape index (κ1) is 24.3. The number of thiocarbonyl (C=S) groups is 1. The Bertz CT molecular complexity index is 1090. The average molecular weight is 467 g/mol. The number of nitrogens with one attached hydrogen (secondary N) is 3. The van der Waals surface area contributed by atoms with Crippen molar-refractivity contribution in [3.05, 3.63) is 70.4 Å². The summed E-state index contributed by atoms with van der Waals surface area (Å²) in [7, 11) is 1.81. The quantitative estimate of drug-likeness (QED) is 0.423. The molecule has 1 heterocycles. The maximum atomic E-state index is 12.8. The molecule has 1 atom stereocenters. The van der Waals surface area contributed by atoms with Crippen molar-refractivity contribution in [1.82, 2.24) is 10.2 Å². The molecular formula is C25H30N4O3S. The number of nitrogens with zero attached hydrogens (tertiary/aromatic N) is 1. The molecule has 7 nitrogen and oxygen atoms in total. The molecule has 0 radical (unpaired) electrons. The molecule has 1 aliphatic rings. The number of esters is 1. The molecule has 1 aliphatic heterocycles. The Kier molecular flexibility index (Phi) is 7.38. The van der Waals surface area contributed by atoms with Gasteiger partial charge in [-0.1, -0.05) is 30.3 Å². The van der Waals surface area contributed by atoms with Crippen LogP contribution in [0.5, 0.6) is 0 Å². The lowest BCUT2D eigenvalue weighted by Gasteiger charge is -2.35. The van der Waals surface area contributed by atoms with Crippen molar-refractivity contribution in [2.24, 2.45) is 0 Å². The number of carbonyl (C=O) groups is 2. The van der Waals surface area contributed by atoms with Gasteiger partial charge in [-0.15, -0.1) is 0 Å². The van der Waals surface area contributed by atoms with E-state index in [-0.39, 0.29) is 18.1 Å². The molecule has 8 heteroatoms. The third kappa shape index (κ3) is 5.51. The first-order valence-corrected chi connectivity index (χ1v) is 11.2. The molecule has 0 saturated carbocycles. The summed E-state index contributed by atoms with van der Waals surface area (Å²) in [5.74, 6) is -0.385. The molecule has 0 aromatic heterocycles. The summed E-state index contributed by atoms with van der Waals surface area (Å²) < 4.78 is 5.48. The predicted octanol–water partition coefficient (Wildman–Crippen LogP) is 5.03. The summed E-state index contributed by atoms with van der Waals surface area (Å²) >= 11 is 5.44. The van der Waals surface area contributed by atoms with Crippen molar-refractivity contribution in [2.45, 2.75) is 46.8 Å². The second kappa shape index (κ2) is 10.0. The van der Waals surface area contributed by atoms with E-state index in [1.165, 1.54) is 0 Å². The molecule has 3 N–H and O–H groups in total.